The van der Waals surface area contributed by atoms with Crippen LogP contribution in [0.4, 0.5) is 5.69 Å². The fraction of sp³-hybridized carbons (Fsp3) is 0.188. The average Bonchev–Trinajstić information content (AvgIpc) is 2.47. The monoisotopic (exact) mass is 319 g/mol. The van der Waals surface area contributed by atoms with Crippen LogP contribution in [0.3, 0.4) is 0 Å². The van der Waals surface area contributed by atoms with Crippen LogP contribution in [-0.4, -0.2) is 19.5 Å². The molecule has 2 aromatic rings. The number of nitrogens with one attached hydrogen (secondary N) is 1. The molecule has 116 valence electrons. The molecule has 22 heavy (non-hydrogen) atoms. The largest absolute Gasteiger partial charge is 0.478 e. The average molecular weight is 319 g/mol. The lowest BCUT2D eigenvalue weighted by atomic mass is 10.00. The predicted octanol–water partition coefficient (Wildman–Crippen LogP) is 3.31. The Morgan fingerprint density at radius 3 is 2.27 bits per heavy atom. The second-order valence-electron chi connectivity index (χ2n) is 5.18. The van der Waals surface area contributed by atoms with Gasteiger partial charge in [-0.1, -0.05) is 38.1 Å². The maximum Gasteiger partial charge on any atom is 0.337 e. The number of sulfonamides is 1. The minimum atomic E-state index is -3.82. The minimum absolute atomic E-state index is 0.0563. The van der Waals surface area contributed by atoms with E-state index >= 15 is 0 Å². The van der Waals surface area contributed by atoms with Crippen molar-refractivity contribution in [3.05, 3.63) is 59.7 Å². The summed E-state index contributed by atoms with van der Waals surface area (Å²) in [7, 11) is -3.82. The zero-order valence-electron chi connectivity index (χ0n) is 12.3. The van der Waals surface area contributed by atoms with Crippen molar-refractivity contribution < 1.29 is 18.3 Å². The number of hydrogen-bond donors (Lipinski definition) is 2. The first-order valence-corrected chi connectivity index (χ1v) is 8.24. The van der Waals surface area contributed by atoms with E-state index in [2.05, 4.69) is 4.72 Å². The summed E-state index contributed by atoms with van der Waals surface area (Å²) in [6, 6.07) is 12.5. The van der Waals surface area contributed by atoms with E-state index in [9.17, 15) is 18.3 Å². The lowest BCUT2D eigenvalue weighted by molar-refractivity contribution is 0.0698. The van der Waals surface area contributed by atoms with E-state index in [0.29, 0.717) is 0 Å². The van der Waals surface area contributed by atoms with Crippen LogP contribution in [0.1, 0.15) is 35.7 Å². The fourth-order valence-corrected chi connectivity index (χ4v) is 3.09. The van der Waals surface area contributed by atoms with Crippen LogP contribution in [0.2, 0.25) is 0 Å². The van der Waals surface area contributed by atoms with Gasteiger partial charge in [0.05, 0.1) is 16.1 Å². The van der Waals surface area contributed by atoms with Gasteiger partial charge in [0.15, 0.2) is 0 Å². The summed E-state index contributed by atoms with van der Waals surface area (Å²) in [5.41, 5.74) is 0.825. The second kappa shape index (κ2) is 6.19. The summed E-state index contributed by atoms with van der Waals surface area (Å²) < 4.78 is 26.9. The highest BCUT2D eigenvalue weighted by molar-refractivity contribution is 7.92. The summed E-state index contributed by atoms with van der Waals surface area (Å²) in [6.45, 7) is 3.88. The molecule has 0 saturated heterocycles. The van der Waals surface area contributed by atoms with E-state index in [1.165, 1.54) is 24.3 Å². The first kappa shape index (κ1) is 16.0. The summed E-state index contributed by atoms with van der Waals surface area (Å²) >= 11 is 0. The molecule has 0 atom stereocenters. The number of carboxylic acids is 1. The van der Waals surface area contributed by atoms with Gasteiger partial charge in [-0.2, -0.15) is 0 Å². The van der Waals surface area contributed by atoms with Crippen molar-refractivity contribution in [3.63, 3.8) is 0 Å². The topological polar surface area (TPSA) is 83.5 Å². The van der Waals surface area contributed by atoms with Crippen LogP contribution in [0, 0.1) is 0 Å². The predicted molar refractivity (Wildman–Crippen MR) is 84.7 cm³/mol. The Bertz CT molecular complexity index is 783. The van der Waals surface area contributed by atoms with Crippen LogP contribution < -0.4 is 4.72 Å². The zero-order chi connectivity index (χ0) is 16.3. The van der Waals surface area contributed by atoms with E-state index < -0.39 is 16.0 Å². The Kier molecular flexibility index (Phi) is 4.51. The zero-order valence-corrected chi connectivity index (χ0v) is 13.1. The first-order chi connectivity index (χ1) is 10.3. The van der Waals surface area contributed by atoms with Crippen LogP contribution >= 0.6 is 0 Å². The van der Waals surface area contributed by atoms with E-state index in [1.54, 1.807) is 24.3 Å². The van der Waals surface area contributed by atoms with Gasteiger partial charge in [0, 0.05) is 0 Å². The van der Waals surface area contributed by atoms with Crippen molar-refractivity contribution in [1.29, 1.82) is 0 Å². The van der Waals surface area contributed by atoms with E-state index in [-0.39, 0.29) is 22.1 Å². The highest BCUT2D eigenvalue weighted by Gasteiger charge is 2.19. The molecule has 0 aliphatic rings. The van der Waals surface area contributed by atoms with Crippen molar-refractivity contribution in [2.45, 2.75) is 24.7 Å². The molecular weight excluding hydrogens is 302 g/mol. The number of rotatable bonds is 5. The number of hydrogen-bond acceptors (Lipinski definition) is 3. The molecule has 2 rings (SSSR count). The summed E-state index contributed by atoms with van der Waals surface area (Å²) in [5, 5.41) is 9.30. The number of aromatic carboxylic acids is 1. The van der Waals surface area contributed by atoms with Crippen molar-refractivity contribution in [2.24, 2.45) is 0 Å². The van der Waals surface area contributed by atoms with Gasteiger partial charge < -0.3 is 5.11 Å². The van der Waals surface area contributed by atoms with Gasteiger partial charge in [-0.15, -0.1) is 0 Å². The Morgan fingerprint density at radius 2 is 1.73 bits per heavy atom. The molecule has 0 fully saturated rings. The summed E-state index contributed by atoms with van der Waals surface area (Å²) in [6.07, 6.45) is 0. The van der Waals surface area contributed by atoms with Crippen molar-refractivity contribution >= 4 is 21.7 Å². The molecule has 0 aromatic heterocycles. The smallest absolute Gasteiger partial charge is 0.337 e. The SMILES string of the molecule is CC(C)c1ccc(NS(=O)(=O)c2ccccc2)c(C(=O)O)c1. The molecule has 0 aliphatic heterocycles. The third-order valence-electron chi connectivity index (χ3n) is 3.24. The molecule has 0 spiro atoms. The number of carbonyl (C=O) groups is 1. The van der Waals surface area contributed by atoms with Crippen LogP contribution in [0.25, 0.3) is 0 Å². The quantitative estimate of drug-likeness (QED) is 0.885. The van der Waals surface area contributed by atoms with Crippen LogP contribution in [0.5, 0.6) is 0 Å². The normalized spacial score (nSPS) is 11.4. The van der Waals surface area contributed by atoms with E-state index in [4.69, 9.17) is 0 Å². The lowest BCUT2D eigenvalue weighted by Crippen LogP contribution is -2.15. The molecule has 2 N–H and O–H groups in total. The number of carboxylic acid groups (broad SMARTS) is 1. The molecule has 0 heterocycles. The number of anilines is 1. The fourth-order valence-electron chi connectivity index (χ4n) is 1.99. The molecule has 0 saturated carbocycles. The molecule has 6 heteroatoms. The molecule has 0 amide bonds. The molecule has 0 radical (unpaired) electrons. The van der Waals surface area contributed by atoms with Crippen LogP contribution in [-0.2, 0) is 10.0 Å². The Morgan fingerprint density at radius 1 is 1.09 bits per heavy atom. The van der Waals surface area contributed by atoms with Gasteiger partial charge in [-0.3, -0.25) is 4.72 Å². The highest BCUT2D eigenvalue weighted by Crippen LogP contribution is 2.25. The maximum atomic E-state index is 12.3. The standard InChI is InChI=1S/C16H17NO4S/c1-11(2)12-8-9-15(14(10-12)16(18)19)17-22(20,21)13-6-4-3-5-7-13/h3-11,17H,1-2H3,(H,18,19). The lowest BCUT2D eigenvalue weighted by Gasteiger charge is -2.13. The van der Waals surface area contributed by atoms with Gasteiger partial charge in [-0.25, -0.2) is 13.2 Å². The Labute approximate surface area is 129 Å². The van der Waals surface area contributed by atoms with Gasteiger partial charge in [0.1, 0.15) is 0 Å². The highest BCUT2D eigenvalue weighted by atomic mass is 32.2. The van der Waals surface area contributed by atoms with E-state index in [1.807, 2.05) is 13.8 Å². The molecule has 2 aromatic carbocycles. The number of benzene rings is 2. The first-order valence-electron chi connectivity index (χ1n) is 6.76. The molecule has 5 nitrogen and oxygen atoms in total. The van der Waals surface area contributed by atoms with Gasteiger partial charge >= 0.3 is 5.97 Å². The molecule has 0 aliphatic carbocycles. The minimum Gasteiger partial charge on any atom is -0.478 e. The Hall–Kier alpha value is -2.34. The summed E-state index contributed by atoms with van der Waals surface area (Å²) in [4.78, 5) is 11.5. The van der Waals surface area contributed by atoms with Gasteiger partial charge in [0.2, 0.25) is 0 Å². The van der Waals surface area contributed by atoms with E-state index in [0.717, 1.165) is 5.56 Å². The third-order valence-corrected chi connectivity index (χ3v) is 4.62. The molecule has 0 unspecified atom stereocenters. The second-order valence-corrected chi connectivity index (χ2v) is 6.87. The van der Waals surface area contributed by atoms with Crippen molar-refractivity contribution in [3.8, 4) is 0 Å². The maximum absolute atomic E-state index is 12.3. The van der Waals surface area contributed by atoms with Crippen molar-refractivity contribution in [1.82, 2.24) is 0 Å². The van der Waals surface area contributed by atoms with Gasteiger partial charge in [0.25, 0.3) is 10.0 Å². The Balaban J connectivity index is 2.43. The van der Waals surface area contributed by atoms with Crippen molar-refractivity contribution in [2.75, 3.05) is 4.72 Å². The summed E-state index contributed by atoms with van der Waals surface area (Å²) in [5.74, 6) is -1.02. The molecular formula is C16H17NO4S. The molecule has 0 bridgehead atoms. The van der Waals surface area contributed by atoms with Crippen LogP contribution in [0.15, 0.2) is 53.4 Å². The third kappa shape index (κ3) is 3.46. The van der Waals surface area contributed by atoms with Gasteiger partial charge in [-0.05, 0) is 35.7 Å².